The Morgan fingerprint density at radius 3 is 2.37 bits per heavy atom. The molecule has 5 unspecified atom stereocenters. The van der Waals surface area contributed by atoms with Gasteiger partial charge in [0.15, 0.2) is 5.76 Å². The van der Waals surface area contributed by atoms with Crippen molar-refractivity contribution in [1.82, 2.24) is 9.80 Å². The molecule has 2 fully saturated rings. The average Bonchev–Trinajstić information content (AvgIpc) is 3.51. The van der Waals surface area contributed by atoms with Crippen LogP contribution in [0.25, 0.3) is 0 Å². The highest BCUT2D eigenvalue weighted by molar-refractivity contribution is 9.10. The van der Waals surface area contributed by atoms with Crippen molar-refractivity contribution >= 4 is 21.8 Å². The van der Waals surface area contributed by atoms with E-state index in [2.05, 4.69) is 109 Å². The fourth-order valence-corrected chi connectivity index (χ4v) is 6.93. The Labute approximate surface area is 217 Å². The first-order chi connectivity index (χ1) is 16.7. The molecule has 0 saturated carbocycles. The SMILES string of the molecule is CC(C)C1C2C(C(=O)N1C(Cc1ccccc1)C1=COCO1)C(c1ccc(Br)cc1)N(C)C2(C)C. The molecule has 35 heavy (non-hydrogen) atoms. The Kier molecular flexibility index (Phi) is 6.47. The van der Waals surface area contributed by atoms with Crippen molar-refractivity contribution in [3.63, 3.8) is 0 Å². The molecule has 2 saturated heterocycles. The lowest BCUT2D eigenvalue weighted by atomic mass is 9.75. The molecule has 5 nitrogen and oxygen atoms in total. The third-order valence-electron chi connectivity index (χ3n) is 8.42. The highest BCUT2D eigenvalue weighted by atomic mass is 79.9. The number of halogens is 1. The van der Waals surface area contributed by atoms with Gasteiger partial charge in [0, 0.05) is 34.4 Å². The molecule has 2 aromatic rings. The molecule has 0 radical (unpaired) electrons. The number of rotatable bonds is 6. The summed E-state index contributed by atoms with van der Waals surface area (Å²) in [5, 5.41) is 0. The number of hydrogen-bond donors (Lipinski definition) is 0. The zero-order valence-electron chi connectivity index (χ0n) is 21.1. The predicted octanol–water partition coefficient (Wildman–Crippen LogP) is 5.77. The Morgan fingerprint density at radius 2 is 1.77 bits per heavy atom. The van der Waals surface area contributed by atoms with Gasteiger partial charge >= 0.3 is 0 Å². The normalized spacial score (nSPS) is 28.6. The van der Waals surface area contributed by atoms with Crippen molar-refractivity contribution in [2.75, 3.05) is 13.8 Å². The van der Waals surface area contributed by atoms with Gasteiger partial charge in [-0.1, -0.05) is 72.2 Å². The van der Waals surface area contributed by atoms with Crippen LogP contribution in [-0.2, 0) is 20.7 Å². The van der Waals surface area contributed by atoms with Crippen LogP contribution in [-0.4, -0.2) is 47.2 Å². The minimum Gasteiger partial charge on any atom is -0.462 e. The first-order valence-corrected chi connectivity index (χ1v) is 13.3. The molecule has 3 aliphatic heterocycles. The van der Waals surface area contributed by atoms with Crippen molar-refractivity contribution in [1.29, 1.82) is 0 Å². The highest BCUT2D eigenvalue weighted by Crippen LogP contribution is 2.57. The van der Waals surface area contributed by atoms with E-state index in [1.807, 2.05) is 6.07 Å². The third kappa shape index (κ3) is 4.09. The fraction of sp³-hybridized carbons (Fsp3) is 0.483. The molecule has 0 bridgehead atoms. The minimum atomic E-state index is -0.197. The predicted molar refractivity (Wildman–Crippen MR) is 140 cm³/mol. The zero-order valence-corrected chi connectivity index (χ0v) is 22.7. The van der Waals surface area contributed by atoms with E-state index in [1.165, 1.54) is 11.1 Å². The van der Waals surface area contributed by atoms with E-state index in [0.717, 1.165) is 10.2 Å². The summed E-state index contributed by atoms with van der Waals surface area (Å²) in [6, 6.07) is 18.7. The zero-order chi connectivity index (χ0) is 24.9. The molecule has 6 heteroatoms. The molecule has 186 valence electrons. The number of ether oxygens (including phenoxy) is 2. The summed E-state index contributed by atoms with van der Waals surface area (Å²) in [6.45, 7) is 9.30. The second-order valence-electron chi connectivity index (χ2n) is 10.9. The molecule has 2 aromatic carbocycles. The number of carbonyl (C=O) groups is 1. The molecule has 5 atom stereocenters. The number of fused-ring (bicyclic) bond motifs is 1. The van der Waals surface area contributed by atoms with E-state index in [4.69, 9.17) is 9.47 Å². The van der Waals surface area contributed by atoms with Gasteiger partial charge in [0.2, 0.25) is 12.7 Å². The van der Waals surface area contributed by atoms with Crippen LogP contribution in [0.5, 0.6) is 0 Å². The Bertz CT molecular complexity index is 1100. The molecule has 0 aliphatic carbocycles. The van der Waals surface area contributed by atoms with Gasteiger partial charge in [0.25, 0.3) is 0 Å². The van der Waals surface area contributed by atoms with Crippen molar-refractivity contribution in [3.05, 3.63) is 82.2 Å². The van der Waals surface area contributed by atoms with Crippen LogP contribution in [0.3, 0.4) is 0 Å². The third-order valence-corrected chi connectivity index (χ3v) is 8.95. The average molecular weight is 540 g/mol. The summed E-state index contributed by atoms with van der Waals surface area (Å²) in [5.74, 6) is 1.33. The van der Waals surface area contributed by atoms with Gasteiger partial charge in [0.05, 0.1) is 12.0 Å². The molecule has 0 N–H and O–H groups in total. The number of likely N-dealkylation sites (tertiary alicyclic amines) is 2. The molecular weight excluding hydrogens is 504 g/mol. The number of hydrogen-bond acceptors (Lipinski definition) is 4. The van der Waals surface area contributed by atoms with Gasteiger partial charge in [-0.05, 0) is 50.1 Å². The number of nitrogens with zero attached hydrogens (tertiary/aromatic N) is 2. The first-order valence-electron chi connectivity index (χ1n) is 12.5. The van der Waals surface area contributed by atoms with Gasteiger partial charge in [0.1, 0.15) is 6.26 Å². The molecular formula is C29H35BrN2O3. The van der Waals surface area contributed by atoms with Crippen molar-refractivity contribution < 1.29 is 14.3 Å². The fourth-order valence-electron chi connectivity index (χ4n) is 6.67. The van der Waals surface area contributed by atoms with Crippen LogP contribution in [0.1, 0.15) is 44.9 Å². The lowest BCUT2D eigenvalue weighted by molar-refractivity contribution is -0.136. The summed E-state index contributed by atoms with van der Waals surface area (Å²) in [4.78, 5) is 19.1. The topological polar surface area (TPSA) is 42.0 Å². The molecule has 5 rings (SSSR count). The van der Waals surface area contributed by atoms with E-state index in [9.17, 15) is 4.79 Å². The first kappa shape index (κ1) is 24.4. The quantitative estimate of drug-likeness (QED) is 0.468. The van der Waals surface area contributed by atoms with E-state index < -0.39 is 0 Å². The smallest absolute Gasteiger partial charge is 0.229 e. The van der Waals surface area contributed by atoms with Crippen LogP contribution in [0.15, 0.2) is 71.1 Å². The minimum absolute atomic E-state index is 0.0222. The summed E-state index contributed by atoms with van der Waals surface area (Å²) in [5.41, 5.74) is 2.22. The van der Waals surface area contributed by atoms with Crippen LogP contribution in [0.2, 0.25) is 0 Å². The molecule has 3 heterocycles. The van der Waals surface area contributed by atoms with Crippen LogP contribution in [0, 0.1) is 17.8 Å². The maximum atomic E-state index is 14.5. The van der Waals surface area contributed by atoms with Gasteiger partial charge in [-0.3, -0.25) is 9.69 Å². The lowest BCUT2D eigenvalue weighted by Crippen LogP contribution is -2.53. The van der Waals surface area contributed by atoms with Gasteiger partial charge in [-0.15, -0.1) is 0 Å². The summed E-state index contributed by atoms with van der Waals surface area (Å²) < 4.78 is 12.5. The number of carbonyl (C=O) groups excluding carboxylic acids is 1. The summed E-state index contributed by atoms with van der Waals surface area (Å²) in [6.07, 6.45) is 2.40. The second-order valence-corrected chi connectivity index (χ2v) is 11.9. The van der Waals surface area contributed by atoms with E-state index in [0.29, 0.717) is 12.3 Å². The summed E-state index contributed by atoms with van der Waals surface area (Å²) in [7, 11) is 2.18. The summed E-state index contributed by atoms with van der Waals surface area (Å²) >= 11 is 3.57. The molecule has 1 amide bonds. The van der Waals surface area contributed by atoms with Crippen LogP contribution >= 0.6 is 15.9 Å². The largest absolute Gasteiger partial charge is 0.462 e. The standard InChI is InChI=1S/C29H35BrN2O3/c1-18(2)26-25-24(27(31(5)29(25,3)4)20-11-13-21(30)14-12-20)28(33)32(26)22(23-16-34-17-35-23)15-19-9-7-6-8-10-19/h6-14,16,18,22,24-27H,15,17H2,1-5H3. The number of benzene rings is 2. The van der Waals surface area contributed by atoms with E-state index >= 15 is 0 Å². The molecule has 3 aliphatic rings. The van der Waals surface area contributed by atoms with Gasteiger partial charge in [-0.25, -0.2) is 0 Å². The van der Waals surface area contributed by atoms with E-state index in [1.54, 1.807) is 6.26 Å². The van der Waals surface area contributed by atoms with Crippen LogP contribution < -0.4 is 0 Å². The maximum absolute atomic E-state index is 14.5. The Morgan fingerprint density at radius 1 is 1.09 bits per heavy atom. The maximum Gasteiger partial charge on any atom is 0.229 e. The molecule has 0 spiro atoms. The monoisotopic (exact) mass is 538 g/mol. The van der Waals surface area contributed by atoms with Gasteiger partial charge < -0.3 is 14.4 Å². The Hall–Kier alpha value is -2.31. The second kappa shape index (κ2) is 9.29. The highest BCUT2D eigenvalue weighted by Gasteiger charge is 2.65. The van der Waals surface area contributed by atoms with Gasteiger partial charge in [-0.2, -0.15) is 0 Å². The van der Waals surface area contributed by atoms with Crippen molar-refractivity contribution in [2.24, 2.45) is 17.8 Å². The molecule has 0 aromatic heterocycles. The lowest BCUT2D eigenvalue weighted by Gasteiger charge is -2.44. The van der Waals surface area contributed by atoms with Crippen molar-refractivity contribution in [2.45, 2.75) is 57.8 Å². The van der Waals surface area contributed by atoms with Crippen molar-refractivity contribution in [3.8, 4) is 0 Å². The van der Waals surface area contributed by atoms with E-state index in [-0.39, 0.29) is 48.2 Å². The van der Waals surface area contributed by atoms with Crippen LogP contribution in [0.4, 0.5) is 0 Å². The Balaban J connectivity index is 1.60. The number of amides is 1.